The summed E-state index contributed by atoms with van der Waals surface area (Å²) in [5.41, 5.74) is 1.57. The van der Waals surface area contributed by atoms with Crippen LogP contribution in [0.2, 0.25) is 5.02 Å². The number of anilines is 1. The molecule has 2 amide bonds. The van der Waals surface area contributed by atoms with Gasteiger partial charge in [-0.15, -0.1) is 0 Å². The number of hydrogen-bond acceptors (Lipinski definition) is 4. The molecule has 39 heavy (non-hydrogen) atoms. The lowest BCUT2D eigenvalue weighted by atomic mass is 10.1. The second kappa shape index (κ2) is 12.7. The lowest BCUT2D eigenvalue weighted by molar-refractivity contribution is -0.141. The van der Waals surface area contributed by atoms with E-state index in [1.807, 2.05) is 34.6 Å². The fourth-order valence-electron chi connectivity index (χ4n) is 4.12. The lowest BCUT2D eigenvalue weighted by Gasteiger charge is -2.34. The maximum absolute atomic E-state index is 14.0. The number of carbonyl (C=O) groups excluding carboxylic acids is 2. The molecule has 0 aliphatic heterocycles. The zero-order valence-corrected chi connectivity index (χ0v) is 24.6. The molecule has 7 nitrogen and oxygen atoms in total. The van der Waals surface area contributed by atoms with Gasteiger partial charge in [-0.2, -0.15) is 0 Å². The van der Waals surface area contributed by atoms with Crippen molar-refractivity contribution >= 4 is 39.1 Å². The number of carbonyl (C=O) groups is 2. The summed E-state index contributed by atoms with van der Waals surface area (Å²) in [5.74, 6) is -0.805. The molecule has 0 spiro atoms. The molecule has 9 heteroatoms. The van der Waals surface area contributed by atoms with E-state index in [0.29, 0.717) is 17.1 Å². The minimum Gasteiger partial charge on any atom is -0.350 e. The van der Waals surface area contributed by atoms with Crippen LogP contribution >= 0.6 is 11.6 Å². The molecule has 0 unspecified atom stereocenters. The number of sulfonamides is 1. The third-order valence-electron chi connectivity index (χ3n) is 6.08. The number of benzene rings is 3. The van der Waals surface area contributed by atoms with E-state index in [1.165, 1.54) is 17.0 Å². The fraction of sp³-hybridized carbons (Fsp3) is 0.333. The first kappa shape index (κ1) is 30.2. The molecular weight excluding hydrogens is 534 g/mol. The van der Waals surface area contributed by atoms with E-state index in [2.05, 4.69) is 5.32 Å². The molecule has 3 aromatic carbocycles. The van der Waals surface area contributed by atoms with Crippen molar-refractivity contribution in [1.29, 1.82) is 0 Å². The summed E-state index contributed by atoms with van der Waals surface area (Å²) in [6.07, 6.45) is 0.344. The predicted molar refractivity (Wildman–Crippen MR) is 156 cm³/mol. The molecule has 1 N–H and O–H groups in total. The van der Waals surface area contributed by atoms with E-state index in [9.17, 15) is 18.0 Å². The Hall–Kier alpha value is -3.36. The Kier molecular flexibility index (Phi) is 9.80. The standard InChI is InChI=1S/C30H36ClN3O4S/c1-6-27(29(36)32-30(3,4)5)33(20-23-14-16-24(31)17-15-23)28(35)21-34(25-18-12-22(2)13-19-25)39(37,38)26-10-8-7-9-11-26/h7-19,27H,6,20-21H2,1-5H3,(H,32,36)/t27-/m1/s1. The molecule has 0 aliphatic carbocycles. The first-order valence-electron chi connectivity index (χ1n) is 12.8. The highest BCUT2D eigenvalue weighted by Crippen LogP contribution is 2.25. The van der Waals surface area contributed by atoms with Gasteiger partial charge >= 0.3 is 0 Å². The van der Waals surface area contributed by atoms with E-state index < -0.39 is 34.1 Å². The third-order valence-corrected chi connectivity index (χ3v) is 8.12. The average molecular weight is 570 g/mol. The van der Waals surface area contributed by atoms with Gasteiger partial charge in [0.25, 0.3) is 10.0 Å². The van der Waals surface area contributed by atoms with Gasteiger partial charge in [0, 0.05) is 17.1 Å². The highest BCUT2D eigenvalue weighted by atomic mass is 35.5. The Morgan fingerprint density at radius 3 is 2.05 bits per heavy atom. The minimum atomic E-state index is -4.09. The second-order valence-corrected chi connectivity index (χ2v) is 12.8. The molecule has 3 rings (SSSR count). The zero-order valence-electron chi connectivity index (χ0n) is 23.0. The topological polar surface area (TPSA) is 86.8 Å². The van der Waals surface area contributed by atoms with E-state index in [1.54, 1.807) is 66.7 Å². The summed E-state index contributed by atoms with van der Waals surface area (Å²) >= 11 is 6.06. The van der Waals surface area contributed by atoms with Crippen molar-refractivity contribution in [2.45, 2.75) is 64.1 Å². The monoisotopic (exact) mass is 569 g/mol. The van der Waals surface area contributed by atoms with E-state index in [4.69, 9.17) is 11.6 Å². The molecule has 3 aromatic rings. The maximum atomic E-state index is 14.0. The maximum Gasteiger partial charge on any atom is 0.264 e. The van der Waals surface area contributed by atoms with Crippen LogP contribution in [0.1, 0.15) is 45.2 Å². The zero-order chi connectivity index (χ0) is 28.8. The summed E-state index contributed by atoms with van der Waals surface area (Å²) in [6.45, 7) is 8.97. The smallest absolute Gasteiger partial charge is 0.264 e. The van der Waals surface area contributed by atoms with Crippen LogP contribution in [0.5, 0.6) is 0 Å². The molecule has 0 aromatic heterocycles. The molecule has 208 valence electrons. The summed E-state index contributed by atoms with van der Waals surface area (Å²) in [6, 6.07) is 21.1. The van der Waals surface area contributed by atoms with Crippen molar-refractivity contribution < 1.29 is 18.0 Å². The molecular formula is C30H36ClN3O4S. The van der Waals surface area contributed by atoms with Crippen LogP contribution in [0, 0.1) is 6.92 Å². The number of nitrogens with zero attached hydrogens (tertiary/aromatic N) is 2. The second-order valence-electron chi connectivity index (χ2n) is 10.5. The van der Waals surface area contributed by atoms with Gasteiger partial charge in [-0.05, 0) is 76.1 Å². The lowest BCUT2D eigenvalue weighted by Crippen LogP contribution is -2.55. The highest BCUT2D eigenvalue weighted by molar-refractivity contribution is 7.92. The van der Waals surface area contributed by atoms with Gasteiger partial charge in [0.15, 0.2) is 0 Å². The van der Waals surface area contributed by atoms with Gasteiger partial charge in [0.05, 0.1) is 10.6 Å². The Balaban J connectivity index is 2.05. The summed E-state index contributed by atoms with van der Waals surface area (Å²) in [7, 11) is -4.09. The van der Waals surface area contributed by atoms with Gasteiger partial charge < -0.3 is 10.2 Å². The first-order valence-corrected chi connectivity index (χ1v) is 14.6. The Bertz CT molecular complexity index is 1370. The number of rotatable bonds is 10. The molecule has 0 saturated carbocycles. The van der Waals surface area contributed by atoms with Crippen molar-refractivity contribution in [3.63, 3.8) is 0 Å². The van der Waals surface area contributed by atoms with Gasteiger partial charge in [-0.1, -0.05) is 66.6 Å². The van der Waals surface area contributed by atoms with Gasteiger partial charge in [-0.25, -0.2) is 8.42 Å². The van der Waals surface area contributed by atoms with Crippen LogP contribution in [-0.4, -0.2) is 43.3 Å². The van der Waals surface area contributed by atoms with Crippen molar-refractivity contribution in [3.8, 4) is 0 Å². The number of hydrogen-bond donors (Lipinski definition) is 1. The summed E-state index contributed by atoms with van der Waals surface area (Å²) in [5, 5.41) is 3.51. The van der Waals surface area contributed by atoms with Crippen LogP contribution in [0.25, 0.3) is 0 Å². The van der Waals surface area contributed by atoms with Gasteiger partial charge in [0.2, 0.25) is 11.8 Å². The Labute approximate surface area is 236 Å². The number of halogens is 1. The van der Waals surface area contributed by atoms with Crippen molar-refractivity contribution in [3.05, 3.63) is 95.0 Å². The van der Waals surface area contributed by atoms with E-state index in [-0.39, 0.29) is 17.3 Å². The van der Waals surface area contributed by atoms with Gasteiger partial charge in [-0.3, -0.25) is 13.9 Å². The number of nitrogens with one attached hydrogen (secondary N) is 1. The van der Waals surface area contributed by atoms with Crippen LogP contribution in [0.15, 0.2) is 83.8 Å². The predicted octanol–water partition coefficient (Wildman–Crippen LogP) is 5.57. The molecule has 0 bridgehead atoms. The van der Waals surface area contributed by atoms with E-state index in [0.717, 1.165) is 15.4 Å². The minimum absolute atomic E-state index is 0.0696. The Morgan fingerprint density at radius 1 is 0.923 bits per heavy atom. The molecule has 0 aliphatic rings. The molecule has 0 heterocycles. The van der Waals surface area contributed by atoms with Crippen LogP contribution in [-0.2, 0) is 26.2 Å². The van der Waals surface area contributed by atoms with Crippen molar-refractivity contribution in [1.82, 2.24) is 10.2 Å². The number of amides is 2. The average Bonchev–Trinajstić information content (AvgIpc) is 2.88. The number of aryl methyl sites for hydroxylation is 1. The molecule has 0 radical (unpaired) electrons. The third kappa shape index (κ3) is 8.07. The Morgan fingerprint density at radius 2 is 1.51 bits per heavy atom. The SMILES string of the molecule is CC[C@H](C(=O)NC(C)(C)C)N(Cc1ccc(Cl)cc1)C(=O)CN(c1ccc(C)cc1)S(=O)(=O)c1ccccc1. The quantitative estimate of drug-likeness (QED) is 0.346. The van der Waals surface area contributed by atoms with Crippen LogP contribution < -0.4 is 9.62 Å². The van der Waals surface area contributed by atoms with Crippen molar-refractivity contribution in [2.24, 2.45) is 0 Å². The highest BCUT2D eigenvalue weighted by Gasteiger charge is 2.34. The molecule has 0 saturated heterocycles. The fourth-order valence-corrected chi connectivity index (χ4v) is 5.68. The normalized spacial score (nSPS) is 12.5. The van der Waals surface area contributed by atoms with Crippen molar-refractivity contribution in [2.75, 3.05) is 10.8 Å². The molecule has 0 fully saturated rings. The van der Waals surface area contributed by atoms with Gasteiger partial charge in [0.1, 0.15) is 12.6 Å². The first-order chi connectivity index (χ1) is 18.3. The van der Waals surface area contributed by atoms with E-state index >= 15 is 0 Å². The summed E-state index contributed by atoms with van der Waals surface area (Å²) < 4.78 is 28.7. The molecule has 1 atom stereocenters. The van der Waals surface area contributed by atoms with Crippen LogP contribution in [0.3, 0.4) is 0 Å². The largest absolute Gasteiger partial charge is 0.350 e. The summed E-state index contributed by atoms with van der Waals surface area (Å²) in [4.78, 5) is 28.9. The van der Waals surface area contributed by atoms with Crippen LogP contribution in [0.4, 0.5) is 5.69 Å².